The van der Waals surface area contributed by atoms with Crippen LogP contribution in [0.1, 0.15) is 13.3 Å². The first kappa shape index (κ1) is 14.9. The SMILES string of the molecule is CCN(C(=O)CCNC)c1ccccc1.Cl. The Morgan fingerprint density at radius 2 is 1.94 bits per heavy atom. The molecule has 0 aliphatic rings. The van der Waals surface area contributed by atoms with Crippen molar-refractivity contribution >= 4 is 24.0 Å². The third kappa shape index (κ3) is 4.21. The molecular formula is C12H19ClN2O. The average molecular weight is 243 g/mol. The molecule has 1 aromatic carbocycles. The Bertz CT molecular complexity index is 303. The van der Waals surface area contributed by atoms with Gasteiger partial charge < -0.3 is 10.2 Å². The van der Waals surface area contributed by atoms with Crippen LogP contribution < -0.4 is 10.2 Å². The Hall–Kier alpha value is -1.06. The molecule has 0 saturated carbocycles. The molecule has 16 heavy (non-hydrogen) atoms. The predicted octanol–water partition coefficient (Wildman–Crippen LogP) is 2.07. The summed E-state index contributed by atoms with van der Waals surface area (Å²) in [6.07, 6.45) is 0.541. The molecule has 0 bridgehead atoms. The fourth-order valence-corrected chi connectivity index (χ4v) is 1.48. The number of nitrogens with one attached hydrogen (secondary N) is 1. The molecule has 0 saturated heterocycles. The molecule has 0 spiro atoms. The van der Waals surface area contributed by atoms with Crippen LogP contribution in [0.5, 0.6) is 0 Å². The maximum absolute atomic E-state index is 11.8. The molecular weight excluding hydrogens is 224 g/mol. The number of rotatable bonds is 5. The molecule has 0 aromatic heterocycles. The summed E-state index contributed by atoms with van der Waals surface area (Å²) in [5.74, 6) is 0.165. The van der Waals surface area contributed by atoms with Crippen LogP contribution in [-0.4, -0.2) is 26.0 Å². The number of halogens is 1. The van der Waals surface area contributed by atoms with E-state index < -0.39 is 0 Å². The minimum Gasteiger partial charge on any atom is -0.319 e. The van der Waals surface area contributed by atoms with Gasteiger partial charge in [0.25, 0.3) is 0 Å². The zero-order valence-electron chi connectivity index (χ0n) is 9.77. The Balaban J connectivity index is 0.00000225. The minimum absolute atomic E-state index is 0. The number of amides is 1. The fourth-order valence-electron chi connectivity index (χ4n) is 1.48. The van der Waals surface area contributed by atoms with Crippen molar-refractivity contribution in [3.63, 3.8) is 0 Å². The van der Waals surface area contributed by atoms with Crippen LogP contribution in [0.25, 0.3) is 0 Å². The maximum Gasteiger partial charge on any atom is 0.228 e. The van der Waals surface area contributed by atoms with Crippen molar-refractivity contribution in [2.45, 2.75) is 13.3 Å². The molecule has 0 radical (unpaired) electrons. The maximum atomic E-state index is 11.8. The second kappa shape index (κ2) is 8.13. The number of nitrogens with zero attached hydrogens (tertiary/aromatic N) is 1. The monoisotopic (exact) mass is 242 g/mol. The first-order valence-corrected chi connectivity index (χ1v) is 5.29. The quantitative estimate of drug-likeness (QED) is 0.858. The van der Waals surface area contributed by atoms with Crippen molar-refractivity contribution in [3.8, 4) is 0 Å². The molecule has 0 fully saturated rings. The molecule has 1 N–H and O–H groups in total. The minimum atomic E-state index is 0. The molecule has 0 aliphatic carbocycles. The van der Waals surface area contributed by atoms with Crippen molar-refractivity contribution in [1.82, 2.24) is 5.32 Å². The average Bonchev–Trinajstić information content (AvgIpc) is 2.29. The van der Waals surface area contributed by atoms with Gasteiger partial charge in [0.15, 0.2) is 0 Å². The molecule has 4 heteroatoms. The lowest BCUT2D eigenvalue weighted by atomic mass is 10.2. The number of para-hydroxylation sites is 1. The summed E-state index contributed by atoms with van der Waals surface area (Å²) in [6.45, 7) is 3.43. The van der Waals surface area contributed by atoms with Crippen molar-refractivity contribution in [2.75, 3.05) is 25.0 Å². The second-order valence-electron chi connectivity index (χ2n) is 3.33. The van der Waals surface area contributed by atoms with Gasteiger partial charge in [-0.2, -0.15) is 0 Å². The number of hydrogen-bond acceptors (Lipinski definition) is 2. The number of carbonyl (C=O) groups is 1. The van der Waals surface area contributed by atoms with E-state index in [1.54, 1.807) is 4.90 Å². The van der Waals surface area contributed by atoms with Gasteiger partial charge in [-0.1, -0.05) is 18.2 Å². The lowest BCUT2D eigenvalue weighted by molar-refractivity contribution is -0.118. The molecule has 1 rings (SSSR count). The van der Waals surface area contributed by atoms with Gasteiger partial charge in [0.2, 0.25) is 5.91 Å². The summed E-state index contributed by atoms with van der Waals surface area (Å²) < 4.78 is 0. The summed E-state index contributed by atoms with van der Waals surface area (Å²) in [7, 11) is 1.85. The third-order valence-electron chi connectivity index (χ3n) is 2.27. The van der Waals surface area contributed by atoms with Gasteiger partial charge >= 0.3 is 0 Å². The standard InChI is InChI=1S/C12H18N2O.ClH/c1-3-14(12(15)9-10-13-2)11-7-5-4-6-8-11;/h4-8,13H,3,9-10H2,1-2H3;1H. The Morgan fingerprint density at radius 3 is 2.44 bits per heavy atom. The lowest BCUT2D eigenvalue weighted by Crippen LogP contribution is -2.32. The van der Waals surface area contributed by atoms with Gasteiger partial charge in [-0.25, -0.2) is 0 Å². The highest BCUT2D eigenvalue weighted by Crippen LogP contribution is 2.13. The van der Waals surface area contributed by atoms with E-state index >= 15 is 0 Å². The van der Waals surface area contributed by atoms with Crippen molar-refractivity contribution in [2.24, 2.45) is 0 Å². The summed E-state index contributed by atoms with van der Waals surface area (Å²) in [5, 5.41) is 2.98. The van der Waals surface area contributed by atoms with Crippen LogP contribution in [0.3, 0.4) is 0 Å². The van der Waals surface area contributed by atoms with E-state index in [9.17, 15) is 4.79 Å². The van der Waals surface area contributed by atoms with Crippen LogP contribution in [0.2, 0.25) is 0 Å². The molecule has 3 nitrogen and oxygen atoms in total. The van der Waals surface area contributed by atoms with Gasteiger partial charge in [-0.3, -0.25) is 4.79 Å². The molecule has 0 heterocycles. The first-order chi connectivity index (χ1) is 7.29. The summed E-state index contributed by atoms with van der Waals surface area (Å²) >= 11 is 0. The molecule has 1 aromatic rings. The Morgan fingerprint density at radius 1 is 1.31 bits per heavy atom. The van der Waals surface area contributed by atoms with Crippen molar-refractivity contribution in [1.29, 1.82) is 0 Å². The Labute approximate surface area is 103 Å². The number of anilines is 1. The number of hydrogen-bond donors (Lipinski definition) is 1. The highest BCUT2D eigenvalue weighted by molar-refractivity contribution is 5.93. The zero-order valence-corrected chi connectivity index (χ0v) is 10.6. The number of benzene rings is 1. The smallest absolute Gasteiger partial charge is 0.228 e. The van der Waals surface area contributed by atoms with Crippen molar-refractivity contribution < 1.29 is 4.79 Å². The van der Waals surface area contributed by atoms with E-state index in [1.807, 2.05) is 44.3 Å². The van der Waals surface area contributed by atoms with E-state index in [1.165, 1.54) is 0 Å². The van der Waals surface area contributed by atoms with Gasteiger partial charge in [-0.15, -0.1) is 12.4 Å². The van der Waals surface area contributed by atoms with Crippen LogP contribution >= 0.6 is 12.4 Å². The lowest BCUT2D eigenvalue weighted by Gasteiger charge is -2.20. The van der Waals surface area contributed by atoms with E-state index in [0.717, 1.165) is 12.2 Å². The highest BCUT2D eigenvalue weighted by Gasteiger charge is 2.11. The number of carbonyl (C=O) groups excluding carboxylic acids is 1. The van der Waals surface area contributed by atoms with E-state index in [4.69, 9.17) is 0 Å². The van der Waals surface area contributed by atoms with Crippen molar-refractivity contribution in [3.05, 3.63) is 30.3 Å². The first-order valence-electron chi connectivity index (χ1n) is 5.29. The van der Waals surface area contributed by atoms with Gasteiger partial charge in [0.05, 0.1) is 0 Å². The molecule has 1 amide bonds. The predicted molar refractivity (Wildman–Crippen MR) is 70.3 cm³/mol. The molecule has 0 atom stereocenters. The largest absolute Gasteiger partial charge is 0.319 e. The van der Waals surface area contributed by atoms with Gasteiger partial charge in [-0.05, 0) is 26.1 Å². The molecule has 0 aliphatic heterocycles. The van der Waals surface area contributed by atoms with E-state index in [2.05, 4.69) is 5.32 Å². The van der Waals surface area contributed by atoms with Crippen LogP contribution in [-0.2, 0) is 4.79 Å². The normalized spacial score (nSPS) is 9.38. The van der Waals surface area contributed by atoms with Crippen LogP contribution in [0.4, 0.5) is 5.69 Å². The summed E-state index contributed by atoms with van der Waals surface area (Å²) in [4.78, 5) is 13.6. The molecule has 0 unspecified atom stereocenters. The highest BCUT2D eigenvalue weighted by atomic mass is 35.5. The third-order valence-corrected chi connectivity index (χ3v) is 2.27. The van der Waals surface area contributed by atoms with Crippen LogP contribution in [0.15, 0.2) is 30.3 Å². The molecule has 90 valence electrons. The zero-order chi connectivity index (χ0) is 11.1. The summed E-state index contributed by atoms with van der Waals surface area (Å²) in [6, 6.07) is 9.77. The summed E-state index contributed by atoms with van der Waals surface area (Å²) in [5.41, 5.74) is 0.973. The van der Waals surface area contributed by atoms with E-state index in [-0.39, 0.29) is 18.3 Å². The van der Waals surface area contributed by atoms with Gasteiger partial charge in [0, 0.05) is 25.2 Å². The second-order valence-corrected chi connectivity index (χ2v) is 3.33. The van der Waals surface area contributed by atoms with Crippen LogP contribution in [0, 0.1) is 0 Å². The topological polar surface area (TPSA) is 32.3 Å². The van der Waals surface area contributed by atoms with Gasteiger partial charge in [0.1, 0.15) is 0 Å². The fraction of sp³-hybridized carbons (Fsp3) is 0.417. The Kier molecular flexibility index (Phi) is 7.60. The van der Waals surface area contributed by atoms with E-state index in [0.29, 0.717) is 13.0 Å².